The third kappa shape index (κ3) is 3.78. The highest BCUT2D eigenvalue weighted by Gasteiger charge is 2.18. The van der Waals surface area contributed by atoms with Gasteiger partial charge in [-0.05, 0) is 32.0 Å². The van der Waals surface area contributed by atoms with Crippen LogP contribution in [0.5, 0.6) is 0 Å². The Hall–Kier alpha value is -3.69. The molecule has 0 unspecified atom stereocenters. The average Bonchev–Trinajstić information content (AvgIpc) is 3.12. The number of rotatable bonds is 5. The molecule has 0 aliphatic rings. The molecule has 3 aromatic rings. The maximum atomic E-state index is 13.9. The fourth-order valence-corrected chi connectivity index (χ4v) is 2.42. The summed E-state index contributed by atoms with van der Waals surface area (Å²) in [5.41, 5.74) is -0.353. The van der Waals surface area contributed by atoms with Gasteiger partial charge in [-0.25, -0.2) is 9.37 Å². The second-order valence-corrected chi connectivity index (χ2v) is 5.94. The van der Waals surface area contributed by atoms with Gasteiger partial charge in [0.2, 0.25) is 0 Å². The number of anilines is 1. The quantitative estimate of drug-likeness (QED) is 0.544. The van der Waals surface area contributed by atoms with E-state index in [1.807, 2.05) is 18.4 Å². The number of halogens is 1. The zero-order valence-corrected chi connectivity index (χ0v) is 14.5. The van der Waals surface area contributed by atoms with Gasteiger partial charge in [-0.3, -0.25) is 14.9 Å². The fraction of sp³-hybridized carbons (Fsp3) is 0.176. The van der Waals surface area contributed by atoms with Crippen LogP contribution in [0.25, 0.3) is 11.5 Å². The van der Waals surface area contributed by atoms with Crippen LogP contribution >= 0.6 is 0 Å². The molecule has 9 nitrogen and oxygen atoms in total. The van der Waals surface area contributed by atoms with Crippen molar-refractivity contribution in [3.05, 3.63) is 64.2 Å². The Morgan fingerprint density at radius 3 is 2.78 bits per heavy atom. The van der Waals surface area contributed by atoms with Gasteiger partial charge in [0.05, 0.1) is 10.5 Å². The summed E-state index contributed by atoms with van der Waals surface area (Å²) < 4.78 is 15.7. The van der Waals surface area contributed by atoms with Crippen LogP contribution in [0.2, 0.25) is 0 Å². The molecule has 1 aromatic carbocycles. The van der Waals surface area contributed by atoms with Crippen LogP contribution in [0, 0.1) is 15.9 Å². The summed E-state index contributed by atoms with van der Waals surface area (Å²) >= 11 is 0. The highest BCUT2D eigenvalue weighted by Crippen LogP contribution is 2.21. The molecular formula is C17H15FN6O3. The van der Waals surface area contributed by atoms with E-state index in [9.17, 15) is 19.3 Å². The van der Waals surface area contributed by atoms with Gasteiger partial charge in [-0.1, -0.05) is 6.07 Å². The SMILES string of the molecule is CC(C)n1cnnc1-c1cccc(NC(=O)c2cc([N+](=O)[O-])ccc2F)n1. The first-order valence-electron chi connectivity index (χ1n) is 7.99. The van der Waals surface area contributed by atoms with E-state index in [4.69, 9.17) is 0 Å². The second-order valence-electron chi connectivity index (χ2n) is 5.94. The minimum Gasteiger partial charge on any atom is -0.310 e. The number of nitrogens with one attached hydrogen (secondary N) is 1. The number of nitro groups is 1. The van der Waals surface area contributed by atoms with E-state index >= 15 is 0 Å². The standard InChI is InChI=1S/C17H15FN6O3/c1-10(2)23-9-19-22-16(23)14-4-3-5-15(20-14)21-17(25)12-8-11(24(26)27)6-7-13(12)18/h3-10H,1-2H3,(H,20,21,25). The lowest BCUT2D eigenvalue weighted by atomic mass is 10.1. The van der Waals surface area contributed by atoms with Crippen LogP contribution in [0.3, 0.4) is 0 Å². The summed E-state index contributed by atoms with van der Waals surface area (Å²) in [5.74, 6) is -1.04. The zero-order valence-electron chi connectivity index (χ0n) is 14.5. The highest BCUT2D eigenvalue weighted by atomic mass is 19.1. The number of nitro benzene ring substituents is 1. The fourth-order valence-electron chi connectivity index (χ4n) is 2.42. The number of aromatic nitrogens is 4. The van der Waals surface area contributed by atoms with E-state index in [1.54, 1.807) is 18.5 Å². The van der Waals surface area contributed by atoms with Gasteiger partial charge in [0.25, 0.3) is 11.6 Å². The van der Waals surface area contributed by atoms with Gasteiger partial charge in [0, 0.05) is 18.2 Å². The molecule has 2 aromatic heterocycles. The molecular weight excluding hydrogens is 355 g/mol. The van der Waals surface area contributed by atoms with Crippen LogP contribution in [-0.2, 0) is 0 Å². The third-order valence-electron chi connectivity index (χ3n) is 3.75. The molecule has 0 fully saturated rings. The minimum absolute atomic E-state index is 0.106. The van der Waals surface area contributed by atoms with Gasteiger partial charge < -0.3 is 9.88 Å². The van der Waals surface area contributed by atoms with Gasteiger partial charge in [-0.15, -0.1) is 10.2 Å². The van der Waals surface area contributed by atoms with Gasteiger partial charge in [0.1, 0.15) is 23.7 Å². The number of hydrogen-bond donors (Lipinski definition) is 1. The van der Waals surface area contributed by atoms with Gasteiger partial charge in [0.15, 0.2) is 5.82 Å². The van der Waals surface area contributed by atoms with Crippen molar-refractivity contribution < 1.29 is 14.1 Å². The lowest BCUT2D eigenvalue weighted by Crippen LogP contribution is -2.15. The van der Waals surface area contributed by atoms with E-state index in [-0.39, 0.29) is 17.5 Å². The van der Waals surface area contributed by atoms with Crippen molar-refractivity contribution in [2.75, 3.05) is 5.32 Å². The summed E-state index contributed by atoms with van der Waals surface area (Å²) in [5, 5.41) is 21.2. The number of carbonyl (C=O) groups is 1. The Balaban J connectivity index is 1.89. The lowest BCUT2D eigenvalue weighted by molar-refractivity contribution is -0.384. The van der Waals surface area contributed by atoms with Crippen molar-refractivity contribution in [3.63, 3.8) is 0 Å². The topological polar surface area (TPSA) is 116 Å². The van der Waals surface area contributed by atoms with E-state index < -0.39 is 22.2 Å². The number of benzene rings is 1. The first kappa shape index (κ1) is 18.1. The number of hydrogen-bond acceptors (Lipinski definition) is 6. The number of nitrogens with zero attached hydrogens (tertiary/aromatic N) is 5. The summed E-state index contributed by atoms with van der Waals surface area (Å²) in [6, 6.07) is 7.73. The number of carbonyl (C=O) groups excluding carboxylic acids is 1. The Morgan fingerprint density at radius 2 is 2.07 bits per heavy atom. The molecule has 27 heavy (non-hydrogen) atoms. The van der Waals surface area contributed by atoms with Gasteiger partial charge in [-0.2, -0.15) is 0 Å². The average molecular weight is 370 g/mol. The van der Waals surface area contributed by atoms with Crippen LogP contribution in [0.1, 0.15) is 30.2 Å². The maximum absolute atomic E-state index is 13.9. The van der Waals surface area contributed by atoms with Crippen LogP contribution < -0.4 is 5.32 Å². The molecule has 2 heterocycles. The largest absolute Gasteiger partial charge is 0.310 e. The summed E-state index contributed by atoms with van der Waals surface area (Å²) in [6.45, 7) is 3.92. The van der Waals surface area contributed by atoms with Crippen LogP contribution in [-0.4, -0.2) is 30.6 Å². The Morgan fingerprint density at radius 1 is 1.30 bits per heavy atom. The first-order valence-corrected chi connectivity index (χ1v) is 7.99. The van der Waals surface area contributed by atoms with Crippen molar-refractivity contribution in [1.29, 1.82) is 0 Å². The van der Waals surface area contributed by atoms with Crippen molar-refractivity contribution in [1.82, 2.24) is 19.7 Å². The van der Waals surface area contributed by atoms with Crippen molar-refractivity contribution in [2.24, 2.45) is 0 Å². The van der Waals surface area contributed by atoms with E-state index in [0.717, 1.165) is 18.2 Å². The number of amides is 1. The molecule has 0 spiro atoms. The smallest absolute Gasteiger partial charge is 0.270 e. The molecule has 10 heteroatoms. The molecule has 1 N–H and O–H groups in total. The van der Waals surface area contributed by atoms with Crippen LogP contribution in [0.15, 0.2) is 42.7 Å². The van der Waals surface area contributed by atoms with Gasteiger partial charge >= 0.3 is 0 Å². The third-order valence-corrected chi connectivity index (χ3v) is 3.75. The van der Waals surface area contributed by atoms with Crippen molar-refractivity contribution >= 4 is 17.4 Å². The molecule has 0 bridgehead atoms. The molecule has 0 saturated carbocycles. The molecule has 1 amide bonds. The Kier molecular flexibility index (Phi) is 4.88. The summed E-state index contributed by atoms with van der Waals surface area (Å²) in [4.78, 5) is 26.8. The number of non-ortho nitro benzene ring substituents is 1. The molecule has 3 rings (SSSR count). The van der Waals surface area contributed by atoms with Crippen molar-refractivity contribution in [2.45, 2.75) is 19.9 Å². The summed E-state index contributed by atoms with van der Waals surface area (Å²) in [7, 11) is 0. The maximum Gasteiger partial charge on any atom is 0.270 e. The normalized spacial score (nSPS) is 10.8. The molecule has 0 radical (unpaired) electrons. The highest BCUT2D eigenvalue weighted by molar-refractivity contribution is 6.04. The van der Waals surface area contributed by atoms with E-state index in [0.29, 0.717) is 11.5 Å². The van der Waals surface area contributed by atoms with E-state index in [2.05, 4.69) is 20.5 Å². The predicted octanol–water partition coefficient (Wildman–Crippen LogP) is 3.22. The zero-order chi connectivity index (χ0) is 19.6. The monoisotopic (exact) mass is 370 g/mol. The lowest BCUT2D eigenvalue weighted by Gasteiger charge is -2.10. The van der Waals surface area contributed by atoms with Crippen molar-refractivity contribution in [3.8, 4) is 11.5 Å². The summed E-state index contributed by atoms with van der Waals surface area (Å²) in [6.07, 6.45) is 1.57. The molecule has 138 valence electrons. The molecule has 0 saturated heterocycles. The minimum atomic E-state index is -0.867. The molecule has 0 aliphatic carbocycles. The van der Waals surface area contributed by atoms with Crippen LogP contribution in [0.4, 0.5) is 15.9 Å². The molecule has 0 atom stereocenters. The predicted molar refractivity (Wildman–Crippen MR) is 94.6 cm³/mol. The number of pyridine rings is 1. The second kappa shape index (κ2) is 7.28. The van der Waals surface area contributed by atoms with E-state index in [1.165, 1.54) is 6.07 Å². The Labute approximate surface area is 153 Å². The Bertz CT molecular complexity index is 1020. The molecule has 0 aliphatic heterocycles. The first-order chi connectivity index (χ1) is 12.9.